The molecule has 25 heavy (non-hydrogen) atoms. The summed E-state index contributed by atoms with van der Waals surface area (Å²) in [5.41, 5.74) is 7.37. The zero-order valence-electron chi connectivity index (χ0n) is 14.1. The summed E-state index contributed by atoms with van der Waals surface area (Å²) in [7, 11) is 0. The van der Waals surface area contributed by atoms with Gasteiger partial charge in [0.25, 0.3) is 0 Å². The summed E-state index contributed by atoms with van der Waals surface area (Å²) in [4.78, 5) is 23.0. The van der Waals surface area contributed by atoms with E-state index in [0.29, 0.717) is 11.6 Å². The molecule has 4 heterocycles. The Morgan fingerprint density at radius 1 is 1.20 bits per heavy atom. The molecule has 1 aliphatic heterocycles. The number of imidazole rings is 2. The van der Waals surface area contributed by atoms with Crippen LogP contribution in [0.15, 0.2) is 18.7 Å². The number of hydrogen-bond donors (Lipinski definition) is 2. The molecule has 3 aromatic heterocycles. The molecule has 2 fully saturated rings. The van der Waals surface area contributed by atoms with E-state index < -0.39 is 0 Å². The number of aromatic amines is 1. The number of nitrogen functional groups attached to an aromatic ring is 1. The molecular formula is C17H22N8. The maximum atomic E-state index is 5.89. The fourth-order valence-corrected chi connectivity index (χ4v) is 3.86. The highest BCUT2D eigenvalue weighted by molar-refractivity contribution is 5.84. The van der Waals surface area contributed by atoms with Gasteiger partial charge in [0.15, 0.2) is 11.5 Å². The number of anilines is 2. The Labute approximate surface area is 145 Å². The summed E-state index contributed by atoms with van der Waals surface area (Å²) in [6.45, 7) is 2.97. The van der Waals surface area contributed by atoms with Crippen LogP contribution < -0.4 is 10.6 Å². The summed E-state index contributed by atoms with van der Waals surface area (Å²) in [5, 5.41) is 0. The van der Waals surface area contributed by atoms with E-state index in [4.69, 9.17) is 5.73 Å². The maximum Gasteiger partial charge on any atom is 0.224 e. The quantitative estimate of drug-likeness (QED) is 0.753. The van der Waals surface area contributed by atoms with Gasteiger partial charge in [-0.3, -0.25) is 0 Å². The van der Waals surface area contributed by atoms with E-state index in [9.17, 15) is 0 Å². The van der Waals surface area contributed by atoms with Gasteiger partial charge in [-0.2, -0.15) is 9.97 Å². The SMILES string of the molecule is Nc1nc(N2CCC[C@@H](c3nccn3CC3CC3)C2)c2[nH]cnc2n1. The molecule has 3 N–H and O–H groups in total. The number of H-pyrrole nitrogens is 1. The Hall–Kier alpha value is -2.64. The van der Waals surface area contributed by atoms with Crippen molar-refractivity contribution < 1.29 is 0 Å². The fraction of sp³-hybridized carbons (Fsp3) is 0.529. The van der Waals surface area contributed by atoms with Crippen molar-refractivity contribution in [2.75, 3.05) is 23.7 Å². The summed E-state index contributed by atoms with van der Waals surface area (Å²) in [6, 6.07) is 0. The van der Waals surface area contributed by atoms with E-state index in [1.807, 2.05) is 6.20 Å². The lowest BCUT2D eigenvalue weighted by Gasteiger charge is -2.33. The number of piperidine rings is 1. The molecule has 1 atom stereocenters. The topological polar surface area (TPSA) is 102 Å². The van der Waals surface area contributed by atoms with Gasteiger partial charge in [-0.05, 0) is 31.6 Å². The molecule has 0 amide bonds. The number of hydrogen-bond acceptors (Lipinski definition) is 6. The van der Waals surface area contributed by atoms with Gasteiger partial charge in [0.1, 0.15) is 11.3 Å². The summed E-state index contributed by atoms with van der Waals surface area (Å²) in [6.07, 6.45) is 10.7. The predicted molar refractivity (Wildman–Crippen MR) is 95.2 cm³/mol. The van der Waals surface area contributed by atoms with Crippen LogP contribution in [-0.2, 0) is 6.54 Å². The predicted octanol–water partition coefficient (Wildman–Crippen LogP) is 1.93. The van der Waals surface area contributed by atoms with Crippen molar-refractivity contribution in [2.24, 2.45) is 5.92 Å². The Morgan fingerprint density at radius 2 is 2.12 bits per heavy atom. The molecule has 2 aliphatic rings. The lowest BCUT2D eigenvalue weighted by atomic mass is 9.97. The van der Waals surface area contributed by atoms with Crippen LogP contribution in [0.1, 0.15) is 37.4 Å². The molecule has 0 bridgehead atoms. The van der Waals surface area contributed by atoms with Crippen molar-refractivity contribution in [3.05, 3.63) is 24.5 Å². The second kappa shape index (κ2) is 5.72. The zero-order chi connectivity index (χ0) is 16.8. The number of fused-ring (bicyclic) bond motifs is 1. The van der Waals surface area contributed by atoms with Crippen molar-refractivity contribution in [3.63, 3.8) is 0 Å². The van der Waals surface area contributed by atoms with Crippen LogP contribution in [0.25, 0.3) is 11.2 Å². The number of nitrogens with two attached hydrogens (primary N) is 1. The molecule has 0 aromatic carbocycles. The van der Waals surface area contributed by atoms with Crippen molar-refractivity contribution in [3.8, 4) is 0 Å². The van der Waals surface area contributed by atoms with E-state index in [1.54, 1.807) is 6.33 Å². The highest BCUT2D eigenvalue weighted by Crippen LogP contribution is 2.34. The maximum absolute atomic E-state index is 5.89. The summed E-state index contributed by atoms with van der Waals surface area (Å²) >= 11 is 0. The van der Waals surface area contributed by atoms with Crippen molar-refractivity contribution >= 4 is 22.9 Å². The van der Waals surface area contributed by atoms with Crippen molar-refractivity contribution in [1.82, 2.24) is 29.5 Å². The highest BCUT2D eigenvalue weighted by atomic mass is 15.2. The van der Waals surface area contributed by atoms with Crippen LogP contribution in [0, 0.1) is 5.92 Å². The van der Waals surface area contributed by atoms with Crippen LogP contribution >= 0.6 is 0 Å². The molecule has 3 aromatic rings. The normalized spacial score (nSPS) is 21.1. The molecule has 5 rings (SSSR count). The van der Waals surface area contributed by atoms with Crippen LogP contribution in [0.2, 0.25) is 0 Å². The minimum Gasteiger partial charge on any atom is -0.368 e. The third kappa shape index (κ3) is 2.71. The first-order chi connectivity index (χ1) is 12.3. The van der Waals surface area contributed by atoms with Gasteiger partial charge in [-0.15, -0.1) is 0 Å². The molecular weight excluding hydrogens is 316 g/mol. The third-order valence-corrected chi connectivity index (χ3v) is 5.27. The molecule has 0 unspecified atom stereocenters. The van der Waals surface area contributed by atoms with Crippen molar-refractivity contribution in [2.45, 2.75) is 38.1 Å². The number of rotatable bonds is 4. The van der Waals surface area contributed by atoms with Gasteiger partial charge < -0.3 is 20.2 Å². The Bertz CT molecular complexity index is 893. The smallest absolute Gasteiger partial charge is 0.224 e. The fourth-order valence-electron chi connectivity index (χ4n) is 3.86. The van der Waals surface area contributed by atoms with E-state index in [-0.39, 0.29) is 5.95 Å². The molecule has 1 aliphatic carbocycles. The second-order valence-corrected chi connectivity index (χ2v) is 7.17. The first-order valence-corrected chi connectivity index (χ1v) is 9.00. The summed E-state index contributed by atoms with van der Waals surface area (Å²) < 4.78 is 2.35. The lowest BCUT2D eigenvalue weighted by Crippen LogP contribution is -2.36. The van der Waals surface area contributed by atoms with E-state index in [0.717, 1.165) is 49.7 Å². The number of aromatic nitrogens is 6. The molecule has 8 nitrogen and oxygen atoms in total. The molecule has 0 spiro atoms. The van der Waals surface area contributed by atoms with Gasteiger partial charge in [-0.25, -0.2) is 9.97 Å². The molecule has 1 saturated heterocycles. The Morgan fingerprint density at radius 3 is 3.00 bits per heavy atom. The standard InChI is InChI=1S/C17H22N8/c18-17-22-14-13(20-10-21-14)16(23-17)24-6-1-2-12(9-24)15-19-5-7-25(15)8-11-3-4-11/h5,7,10-12H,1-4,6,8-9H2,(H3,18,20,21,22,23)/t12-/m1/s1. The first kappa shape index (κ1) is 14.7. The van der Waals surface area contributed by atoms with E-state index in [1.165, 1.54) is 18.7 Å². The first-order valence-electron chi connectivity index (χ1n) is 9.00. The van der Waals surface area contributed by atoms with Gasteiger partial charge in [0.05, 0.1) is 6.33 Å². The van der Waals surface area contributed by atoms with Gasteiger partial charge >= 0.3 is 0 Å². The van der Waals surface area contributed by atoms with Crippen LogP contribution in [0.5, 0.6) is 0 Å². The molecule has 0 radical (unpaired) electrons. The van der Waals surface area contributed by atoms with E-state index >= 15 is 0 Å². The minimum absolute atomic E-state index is 0.270. The van der Waals surface area contributed by atoms with Gasteiger partial charge in [-0.1, -0.05) is 0 Å². The molecule has 1 saturated carbocycles. The van der Waals surface area contributed by atoms with E-state index in [2.05, 4.69) is 40.6 Å². The molecule has 8 heteroatoms. The van der Waals surface area contributed by atoms with Crippen LogP contribution in [0.3, 0.4) is 0 Å². The van der Waals surface area contributed by atoms with Gasteiger partial charge in [0, 0.05) is 37.9 Å². The number of nitrogens with zero attached hydrogens (tertiary/aromatic N) is 6. The largest absolute Gasteiger partial charge is 0.368 e. The third-order valence-electron chi connectivity index (χ3n) is 5.27. The molecule has 130 valence electrons. The Balaban J connectivity index is 1.44. The zero-order valence-corrected chi connectivity index (χ0v) is 14.1. The average molecular weight is 338 g/mol. The number of nitrogens with one attached hydrogen (secondary N) is 1. The Kier molecular flexibility index (Phi) is 3.36. The summed E-state index contributed by atoms with van der Waals surface area (Å²) in [5.74, 6) is 3.59. The lowest BCUT2D eigenvalue weighted by molar-refractivity contribution is 0.462. The average Bonchev–Trinajstić information content (AvgIpc) is 3.11. The minimum atomic E-state index is 0.270. The highest BCUT2D eigenvalue weighted by Gasteiger charge is 2.29. The van der Waals surface area contributed by atoms with Crippen molar-refractivity contribution in [1.29, 1.82) is 0 Å². The van der Waals surface area contributed by atoms with Crippen LogP contribution in [0.4, 0.5) is 11.8 Å². The van der Waals surface area contributed by atoms with Gasteiger partial charge in [0.2, 0.25) is 5.95 Å². The second-order valence-electron chi connectivity index (χ2n) is 7.17. The monoisotopic (exact) mass is 338 g/mol. The van der Waals surface area contributed by atoms with Crippen LogP contribution in [-0.4, -0.2) is 42.6 Å².